The van der Waals surface area contributed by atoms with Gasteiger partial charge in [0.25, 0.3) is 0 Å². The minimum Gasteiger partial charge on any atom is -0.366 e. The maximum absolute atomic E-state index is 13.9. The largest absolute Gasteiger partial charge is 0.416 e. The summed E-state index contributed by atoms with van der Waals surface area (Å²) >= 11 is 2.18. The highest BCUT2D eigenvalue weighted by molar-refractivity contribution is 14.1. The number of nitrogens with zero attached hydrogens (tertiary/aromatic N) is 2. The van der Waals surface area contributed by atoms with Crippen molar-refractivity contribution in [1.82, 2.24) is 9.80 Å². The van der Waals surface area contributed by atoms with E-state index in [2.05, 4.69) is 32.4 Å². The molecule has 0 spiro atoms. The summed E-state index contributed by atoms with van der Waals surface area (Å²) in [5, 5.41) is 0. The van der Waals surface area contributed by atoms with Crippen LogP contribution in [0.3, 0.4) is 0 Å². The Morgan fingerprint density at radius 2 is 2.07 bits per heavy atom. The number of primary amides is 1. The van der Waals surface area contributed by atoms with Gasteiger partial charge in [-0.1, -0.05) is 59.9 Å². The lowest BCUT2D eigenvalue weighted by Gasteiger charge is -2.36. The first-order valence-electron chi connectivity index (χ1n) is 9.86. The summed E-state index contributed by atoms with van der Waals surface area (Å²) in [5.41, 5.74) is 5.46. The van der Waals surface area contributed by atoms with Crippen molar-refractivity contribution < 1.29 is 18.0 Å². The summed E-state index contributed by atoms with van der Waals surface area (Å²) in [6.07, 6.45) is 1.68. The Morgan fingerprint density at radius 1 is 1.37 bits per heavy atom. The van der Waals surface area contributed by atoms with Crippen LogP contribution in [-0.4, -0.2) is 52.9 Å². The van der Waals surface area contributed by atoms with Crippen LogP contribution in [0.2, 0.25) is 0 Å². The van der Waals surface area contributed by atoms with E-state index in [-0.39, 0.29) is 10.5 Å². The zero-order chi connectivity index (χ0) is 22.3. The molecular weight excluding hydrogens is 506 g/mol. The van der Waals surface area contributed by atoms with E-state index in [0.29, 0.717) is 22.7 Å². The lowest BCUT2D eigenvalue weighted by molar-refractivity contribution is -0.138. The Bertz CT molecular complexity index is 881. The van der Waals surface area contributed by atoms with Crippen molar-refractivity contribution in [3.05, 3.63) is 58.7 Å². The van der Waals surface area contributed by atoms with Gasteiger partial charge in [0, 0.05) is 40.6 Å². The Morgan fingerprint density at radius 3 is 2.60 bits per heavy atom. The maximum Gasteiger partial charge on any atom is 0.416 e. The molecular formula is C22H27F3IN3O. The number of nitrogens with two attached hydrogens (primary N) is 1. The number of halogens is 4. The van der Waals surface area contributed by atoms with Crippen LogP contribution < -0.4 is 5.73 Å². The van der Waals surface area contributed by atoms with Crippen LogP contribution in [0.25, 0.3) is 0 Å². The first-order chi connectivity index (χ1) is 13.9. The second-order valence-corrected chi connectivity index (χ2v) is 9.82. The number of rotatable bonds is 5. The van der Waals surface area contributed by atoms with Crippen molar-refractivity contribution in [3.8, 4) is 0 Å². The van der Waals surface area contributed by atoms with E-state index in [1.165, 1.54) is 12.1 Å². The second-order valence-electron chi connectivity index (χ2n) is 8.47. The zero-order valence-corrected chi connectivity index (χ0v) is 19.5. The Hall–Kier alpha value is -1.39. The van der Waals surface area contributed by atoms with Crippen molar-refractivity contribution in [2.75, 3.05) is 27.2 Å². The molecule has 30 heavy (non-hydrogen) atoms. The molecule has 3 atom stereocenters. The van der Waals surface area contributed by atoms with Gasteiger partial charge in [0.05, 0.1) is 5.56 Å². The van der Waals surface area contributed by atoms with Crippen molar-refractivity contribution in [1.29, 1.82) is 0 Å². The predicted octanol–water partition coefficient (Wildman–Crippen LogP) is 3.88. The van der Waals surface area contributed by atoms with Gasteiger partial charge in [0.1, 0.15) is 0 Å². The third-order valence-corrected chi connectivity index (χ3v) is 7.87. The van der Waals surface area contributed by atoms with Gasteiger partial charge in [0.2, 0.25) is 5.91 Å². The van der Waals surface area contributed by atoms with E-state index in [0.717, 1.165) is 19.5 Å². The molecule has 164 valence electrons. The summed E-state index contributed by atoms with van der Waals surface area (Å²) in [6.45, 7) is 3.67. The molecule has 3 unspecified atom stereocenters. The molecule has 1 saturated heterocycles. The van der Waals surface area contributed by atoms with Gasteiger partial charge in [-0.25, -0.2) is 0 Å². The number of benzene rings is 1. The van der Waals surface area contributed by atoms with Crippen molar-refractivity contribution >= 4 is 28.5 Å². The molecule has 4 nitrogen and oxygen atoms in total. The van der Waals surface area contributed by atoms with E-state index in [9.17, 15) is 18.0 Å². The number of likely N-dealkylation sites (N-methyl/N-ethyl adjacent to an activating group) is 1. The number of amides is 1. The van der Waals surface area contributed by atoms with E-state index >= 15 is 0 Å². The summed E-state index contributed by atoms with van der Waals surface area (Å²) in [4.78, 5) is 15.8. The van der Waals surface area contributed by atoms with E-state index in [1.54, 1.807) is 18.2 Å². The molecule has 0 aromatic heterocycles. The standard InChI is InChI=1S/C22H27F3IN3O/c1-21(9-7-14(20(27)30)11-19(21)26)17-5-4-6-18(22(23,24)25)16(17)13-29-10-8-15(12-29)28(2)3/h4-7,9,11,15,19H,8,10,12-13H2,1-3H3,(H2,27,30). The molecule has 1 aromatic carbocycles. The molecule has 2 aliphatic rings. The number of hydrogen-bond acceptors (Lipinski definition) is 3. The molecule has 8 heteroatoms. The van der Waals surface area contributed by atoms with Crippen LogP contribution in [0.4, 0.5) is 13.2 Å². The van der Waals surface area contributed by atoms with E-state index in [4.69, 9.17) is 5.73 Å². The topological polar surface area (TPSA) is 49.6 Å². The van der Waals surface area contributed by atoms with Gasteiger partial charge in [-0.15, -0.1) is 0 Å². The predicted molar refractivity (Wildman–Crippen MR) is 120 cm³/mol. The lowest BCUT2D eigenvalue weighted by atomic mass is 9.73. The fourth-order valence-corrected chi connectivity index (χ4v) is 5.20. The Kier molecular flexibility index (Phi) is 6.69. The summed E-state index contributed by atoms with van der Waals surface area (Å²) < 4.78 is 41.6. The molecule has 1 heterocycles. The molecule has 3 rings (SSSR count). The van der Waals surface area contributed by atoms with Gasteiger partial charge in [-0.3, -0.25) is 9.69 Å². The fraction of sp³-hybridized carbons (Fsp3) is 0.500. The molecule has 1 aliphatic heterocycles. The molecule has 2 N–H and O–H groups in total. The number of carbonyl (C=O) groups excluding carboxylic acids is 1. The number of hydrogen-bond donors (Lipinski definition) is 1. The average molecular weight is 533 g/mol. The third kappa shape index (κ3) is 4.60. The van der Waals surface area contributed by atoms with Crippen LogP contribution >= 0.6 is 22.6 Å². The zero-order valence-electron chi connectivity index (χ0n) is 17.3. The fourth-order valence-electron chi connectivity index (χ4n) is 4.27. The lowest BCUT2D eigenvalue weighted by Crippen LogP contribution is -2.36. The van der Waals surface area contributed by atoms with Gasteiger partial charge in [-0.2, -0.15) is 13.2 Å². The van der Waals surface area contributed by atoms with Crippen molar-refractivity contribution in [2.24, 2.45) is 5.73 Å². The van der Waals surface area contributed by atoms with Crippen LogP contribution in [0.1, 0.15) is 30.0 Å². The van der Waals surface area contributed by atoms with Crippen molar-refractivity contribution in [3.63, 3.8) is 0 Å². The van der Waals surface area contributed by atoms with E-state index < -0.39 is 23.1 Å². The minimum atomic E-state index is -4.43. The number of allylic oxidation sites excluding steroid dienone is 2. The Labute approximate surface area is 189 Å². The van der Waals surface area contributed by atoms with Gasteiger partial charge >= 0.3 is 6.18 Å². The van der Waals surface area contributed by atoms with Crippen LogP contribution in [0.5, 0.6) is 0 Å². The molecule has 1 fully saturated rings. The van der Waals surface area contributed by atoms with Gasteiger partial charge < -0.3 is 10.6 Å². The molecule has 0 radical (unpaired) electrons. The molecule has 0 saturated carbocycles. The summed E-state index contributed by atoms with van der Waals surface area (Å²) in [5.74, 6) is -0.536. The molecule has 1 aliphatic carbocycles. The highest BCUT2D eigenvalue weighted by Gasteiger charge is 2.41. The third-order valence-electron chi connectivity index (χ3n) is 6.21. The number of likely N-dealkylation sites (tertiary alicyclic amines) is 1. The quantitative estimate of drug-likeness (QED) is 0.462. The number of carbonyl (C=O) groups is 1. The molecule has 1 aromatic rings. The van der Waals surface area contributed by atoms with Gasteiger partial charge in [0.15, 0.2) is 0 Å². The summed E-state index contributed by atoms with van der Waals surface area (Å²) in [7, 11) is 4.00. The first kappa shape index (κ1) is 23.3. The second kappa shape index (κ2) is 8.63. The number of alkyl halides is 4. The minimum absolute atomic E-state index is 0.210. The van der Waals surface area contributed by atoms with E-state index in [1.807, 2.05) is 27.1 Å². The van der Waals surface area contributed by atoms with Gasteiger partial charge in [-0.05, 0) is 37.7 Å². The smallest absolute Gasteiger partial charge is 0.366 e. The summed E-state index contributed by atoms with van der Waals surface area (Å²) in [6, 6.07) is 4.77. The van der Waals surface area contributed by atoms with Crippen molar-refractivity contribution in [2.45, 2.75) is 41.4 Å². The normalized spacial score (nSPS) is 27.5. The highest BCUT2D eigenvalue weighted by atomic mass is 127. The van der Waals surface area contributed by atoms with Crippen LogP contribution in [0, 0.1) is 0 Å². The SMILES string of the molecule is CN(C)C1CCN(Cc2c(C(F)(F)F)cccc2C2(C)C=CC(C(N)=O)=CC2I)C1. The maximum atomic E-state index is 13.9. The first-order valence-corrected chi connectivity index (χ1v) is 11.1. The highest BCUT2D eigenvalue weighted by Crippen LogP contribution is 2.44. The molecule has 1 amide bonds. The average Bonchev–Trinajstić information content (AvgIpc) is 3.12. The van der Waals surface area contributed by atoms with Crippen LogP contribution in [0.15, 0.2) is 42.0 Å². The van der Waals surface area contributed by atoms with Crippen LogP contribution in [-0.2, 0) is 22.9 Å². The monoisotopic (exact) mass is 533 g/mol. The Balaban J connectivity index is 2.03. The molecule has 0 bridgehead atoms.